The lowest BCUT2D eigenvalue weighted by molar-refractivity contribution is -0.120. The monoisotopic (exact) mass is 418 g/mol. The van der Waals surface area contributed by atoms with Crippen LogP contribution >= 0.6 is 0 Å². The van der Waals surface area contributed by atoms with Crippen molar-refractivity contribution in [3.05, 3.63) is 113 Å². The number of anilines is 2. The van der Waals surface area contributed by atoms with Crippen LogP contribution in [-0.2, 0) is 9.59 Å². The summed E-state index contributed by atoms with van der Waals surface area (Å²) in [6, 6.07) is 29.0. The Morgan fingerprint density at radius 1 is 0.688 bits per heavy atom. The first-order valence-corrected chi connectivity index (χ1v) is 10.5. The fraction of sp³-hybridized carbons (Fsp3) is 0.0714. The Bertz CT molecular complexity index is 1380. The normalized spacial score (nSPS) is 13.9. The molecule has 156 valence electrons. The molecule has 0 radical (unpaired) electrons. The molecule has 5 rings (SSSR count). The van der Waals surface area contributed by atoms with Gasteiger partial charge in [0.1, 0.15) is 5.70 Å². The number of hydrogen-bond acceptors (Lipinski definition) is 3. The second kappa shape index (κ2) is 7.82. The fourth-order valence-electron chi connectivity index (χ4n) is 4.30. The zero-order valence-corrected chi connectivity index (χ0v) is 17.9. The lowest BCUT2D eigenvalue weighted by atomic mass is 10.0. The van der Waals surface area contributed by atoms with Crippen molar-refractivity contribution in [2.75, 3.05) is 10.2 Å². The van der Waals surface area contributed by atoms with Gasteiger partial charge in [0, 0.05) is 11.1 Å². The van der Waals surface area contributed by atoms with Gasteiger partial charge in [0.05, 0.1) is 11.3 Å². The van der Waals surface area contributed by atoms with Crippen LogP contribution in [-0.4, -0.2) is 11.8 Å². The van der Waals surface area contributed by atoms with Crippen LogP contribution in [0.5, 0.6) is 0 Å². The second-order valence-electron chi connectivity index (χ2n) is 8.06. The van der Waals surface area contributed by atoms with Crippen LogP contribution in [0, 0.1) is 13.8 Å². The average Bonchev–Trinajstić information content (AvgIpc) is 3.03. The number of aryl methyl sites for hydroxylation is 2. The Hall–Kier alpha value is -4.18. The van der Waals surface area contributed by atoms with Gasteiger partial charge in [0.15, 0.2) is 0 Å². The molecular weight excluding hydrogens is 396 g/mol. The first kappa shape index (κ1) is 19.8. The molecule has 0 aliphatic carbocycles. The van der Waals surface area contributed by atoms with Gasteiger partial charge in [-0.2, -0.15) is 0 Å². The van der Waals surface area contributed by atoms with Gasteiger partial charge in [-0.25, -0.2) is 4.90 Å². The molecule has 0 aromatic heterocycles. The first-order valence-electron chi connectivity index (χ1n) is 10.5. The molecule has 4 heteroatoms. The highest BCUT2D eigenvalue weighted by Gasteiger charge is 2.40. The molecule has 1 aliphatic heterocycles. The Morgan fingerprint density at radius 2 is 1.34 bits per heavy atom. The molecule has 4 nitrogen and oxygen atoms in total. The molecule has 0 bridgehead atoms. The Balaban J connectivity index is 1.66. The van der Waals surface area contributed by atoms with E-state index in [9.17, 15) is 9.59 Å². The van der Waals surface area contributed by atoms with Crippen LogP contribution in [0.1, 0.15) is 16.7 Å². The quantitative estimate of drug-likeness (QED) is 0.423. The molecule has 32 heavy (non-hydrogen) atoms. The highest BCUT2D eigenvalue weighted by Crippen LogP contribution is 2.35. The van der Waals surface area contributed by atoms with E-state index >= 15 is 0 Å². The molecule has 0 fully saturated rings. The molecule has 2 amide bonds. The number of benzene rings is 4. The van der Waals surface area contributed by atoms with E-state index in [1.807, 2.05) is 105 Å². The van der Waals surface area contributed by atoms with Crippen LogP contribution < -0.4 is 10.2 Å². The zero-order valence-electron chi connectivity index (χ0n) is 17.9. The third-order valence-corrected chi connectivity index (χ3v) is 5.66. The summed E-state index contributed by atoms with van der Waals surface area (Å²) in [7, 11) is 0. The molecule has 4 aromatic carbocycles. The number of carbonyl (C=O) groups is 2. The zero-order chi connectivity index (χ0) is 22.2. The van der Waals surface area contributed by atoms with Gasteiger partial charge >= 0.3 is 0 Å². The Kier molecular flexibility index (Phi) is 4.83. The molecule has 1 N–H and O–H groups in total. The summed E-state index contributed by atoms with van der Waals surface area (Å²) in [5.41, 5.74) is 4.74. The van der Waals surface area contributed by atoms with E-state index in [0.717, 1.165) is 27.6 Å². The van der Waals surface area contributed by atoms with Crippen molar-refractivity contribution in [2.45, 2.75) is 13.8 Å². The average molecular weight is 418 g/mol. The molecule has 4 aromatic rings. The number of nitrogens with one attached hydrogen (secondary N) is 1. The highest BCUT2D eigenvalue weighted by molar-refractivity contribution is 6.46. The number of carbonyl (C=O) groups excluding carboxylic acids is 2. The van der Waals surface area contributed by atoms with Crippen molar-refractivity contribution < 1.29 is 9.59 Å². The fourth-order valence-corrected chi connectivity index (χ4v) is 4.30. The third kappa shape index (κ3) is 3.36. The summed E-state index contributed by atoms with van der Waals surface area (Å²) in [6.45, 7) is 3.92. The maximum atomic E-state index is 13.6. The van der Waals surface area contributed by atoms with Gasteiger partial charge in [0.2, 0.25) is 0 Å². The maximum absolute atomic E-state index is 13.6. The SMILES string of the molecule is Cc1cc(C)cc(N2C(=O)C(Nc3cccc4ccccc34)=C(c3ccccc3)C2=O)c1. The first-order chi connectivity index (χ1) is 15.5. The number of nitrogens with zero attached hydrogens (tertiary/aromatic N) is 1. The standard InChI is InChI=1S/C28H22N2O2/c1-18-15-19(2)17-22(16-18)30-27(31)25(21-10-4-3-5-11-21)26(28(30)32)29-24-14-8-12-20-9-6-7-13-23(20)24/h3-17,29H,1-2H3. The van der Waals surface area contributed by atoms with Gasteiger partial charge in [-0.15, -0.1) is 0 Å². The van der Waals surface area contributed by atoms with Crippen LogP contribution in [0.4, 0.5) is 11.4 Å². The number of hydrogen-bond donors (Lipinski definition) is 1. The van der Waals surface area contributed by atoms with Gasteiger partial charge in [-0.3, -0.25) is 9.59 Å². The van der Waals surface area contributed by atoms with Crippen LogP contribution in [0.25, 0.3) is 16.3 Å². The van der Waals surface area contributed by atoms with Crippen molar-refractivity contribution in [1.29, 1.82) is 0 Å². The third-order valence-electron chi connectivity index (χ3n) is 5.66. The summed E-state index contributed by atoms with van der Waals surface area (Å²) in [5, 5.41) is 5.35. The lowest BCUT2D eigenvalue weighted by Crippen LogP contribution is -2.32. The van der Waals surface area contributed by atoms with E-state index in [0.29, 0.717) is 16.8 Å². The topological polar surface area (TPSA) is 49.4 Å². The van der Waals surface area contributed by atoms with E-state index in [2.05, 4.69) is 5.32 Å². The van der Waals surface area contributed by atoms with Gasteiger partial charge in [-0.05, 0) is 54.1 Å². The second-order valence-corrected chi connectivity index (χ2v) is 8.06. The van der Waals surface area contributed by atoms with E-state index in [1.54, 1.807) is 0 Å². The van der Waals surface area contributed by atoms with Crippen molar-refractivity contribution in [3.63, 3.8) is 0 Å². The van der Waals surface area contributed by atoms with Gasteiger partial charge < -0.3 is 5.32 Å². The lowest BCUT2D eigenvalue weighted by Gasteiger charge is -2.17. The molecular formula is C28H22N2O2. The van der Waals surface area contributed by atoms with Crippen molar-refractivity contribution >= 4 is 39.5 Å². The van der Waals surface area contributed by atoms with E-state index < -0.39 is 0 Å². The largest absolute Gasteiger partial charge is 0.350 e. The summed E-state index contributed by atoms with van der Waals surface area (Å²) in [5.74, 6) is -0.680. The summed E-state index contributed by atoms with van der Waals surface area (Å²) < 4.78 is 0. The summed E-state index contributed by atoms with van der Waals surface area (Å²) >= 11 is 0. The number of rotatable bonds is 4. The molecule has 1 aliphatic rings. The molecule has 0 spiro atoms. The minimum Gasteiger partial charge on any atom is -0.350 e. The molecule has 1 heterocycles. The van der Waals surface area contributed by atoms with Crippen LogP contribution in [0.15, 0.2) is 96.7 Å². The minimum absolute atomic E-state index is 0.289. The Labute approximate surface area is 186 Å². The summed E-state index contributed by atoms with van der Waals surface area (Å²) in [6.07, 6.45) is 0. The van der Waals surface area contributed by atoms with Gasteiger partial charge in [-0.1, -0.05) is 72.8 Å². The van der Waals surface area contributed by atoms with E-state index in [1.165, 1.54) is 4.90 Å². The summed E-state index contributed by atoms with van der Waals surface area (Å²) in [4.78, 5) is 28.5. The molecule has 0 atom stereocenters. The maximum Gasteiger partial charge on any atom is 0.282 e. The van der Waals surface area contributed by atoms with E-state index in [-0.39, 0.29) is 17.5 Å². The number of imide groups is 1. The van der Waals surface area contributed by atoms with Crippen LogP contribution in [0.2, 0.25) is 0 Å². The molecule has 0 saturated heterocycles. The van der Waals surface area contributed by atoms with Crippen molar-refractivity contribution in [1.82, 2.24) is 0 Å². The highest BCUT2D eigenvalue weighted by atomic mass is 16.2. The predicted octanol–water partition coefficient (Wildman–Crippen LogP) is 5.85. The minimum atomic E-state index is -0.355. The van der Waals surface area contributed by atoms with Crippen molar-refractivity contribution in [2.24, 2.45) is 0 Å². The Morgan fingerprint density at radius 3 is 2.09 bits per heavy atom. The molecule has 0 unspecified atom stereocenters. The van der Waals surface area contributed by atoms with Crippen LogP contribution in [0.3, 0.4) is 0 Å². The van der Waals surface area contributed by atoms with E-state index in [4.69, 9.17) is 0 Å². The number of amides is 2. The molecule has 0 saturated carbocycles. The van der Waals surface area contributed by atoms with Crippen molar-refractivity contribution in [3.8, 4) is 0 Å². The predicted molar refractivity (Wildman–Crippen MR) is 129 cm³/mol. The number of fused-ring (bicyclic) bond motifs is 1. The smallest absolute Gasteiger partial charge is 0.282 e. The van der Waals surface area contributed by atoms with Gasteiger partial charge in [0.25, 0.3) is 11.8 Å².